The van der Waals surface area contributed by atoms with Crippen LogP contribution in [0.3, 0.4) is 0 Å². The molecule has 0 aliphatic carbocycles. The number of hydrogen-bond acceptors (Lipinski definition) is 4. The molecule has 126 valence electrons. The number of hydrogen-bond donors (Lipinski definition) is 0. The van der Waals surface area contributed by atoms with Crippen molar-refractivity contribution in [2.24, 2.45) is 0 Å². The van der Waals surface area contributed by atoms with E-state index in [9.17, 15) is 14.9 Å². The first-order valence-corrected chi connectivity index (χ1v) is 8.22. The molecular weight excluding hydrogens is 318 g/mol. The van der Waals surface area contributed by atoms with Crippen molar-refractivity contribution >= 4 is 17.0 Å². The predicted octanol–water partition coefficient (Wildman–Crippen LogP) is 4.03. The molecule has 1 saturated heterocycles. The number of nitro groups is 1. The van der Waals surface area contributed by atoms with Crippen LogP contribution in [0.1, 0.15) is 30.9 Å². The number of non-ortho nitro benzene ring substituents is 1. The van der Waals surface area contributed by atoms with Crippen LogP contribution in [0.2, 0.25) is 0 Å². The smallest absolute Gasteiger partial charge is 0.269 e. The Balaban J connectivity index is 1.89. The first-order valence-electron chi connectivity index (χ1n) is 8.22. The molecule has 0 spiro atoms. The molecule has 2 heterocycles. The second-order valence-corrected chi connectivity index (χ2v) is 6.75. The molecular formula is C20H17NO4. The van der Waals surface area contributed by atoms with Gasteiger partial charge in [-0.1, -0.05) is 30.3 Å². The topological polar surface area (TPSA) is 69.4 Å². The number of benzene rings is 2. The van der Waals surface area contributed by atoms with E-state index in [4.69, 9.17) is 4.74 Å². The number of fused-ring (bicyclic) bond motifs is 2. The fourth-order valence-electron chi connectivity index (χ4n) is 3.81. The molecule has 2 aliphatic heterocycles. The summed E-state index contributed by atoms with van der Waals surface area (Å²) in [6.07, 6.45) is 3.08. The van der Waals surface area contributed by atoms with Gasteiger partial charge in [-0.25, -0.2) is 0 Å². The lowest BCUT2D eigenvalue weighted by atomic mass is 9.79. The molecule has 0 radical (unpaired) electrons. The van der Waals surface area contributed by atoms with E-state index in [2.05, 4.69) is 0 Å². The summed E-state index contributed by atoms with van der Waals surface area (Å²) in [6.45, 7) is 1.98. The molecule has 2 bridgehead atoms. The molecule has 2 aliphatic rings. The normalized spacial score (nSPS) is 27.9. The van der Waals surface area contributed by atoms with Gasteiger partial charge < -0.3 is 4.74 Å². The van der Waals surface area contributed by atoms with Crippen molar-refractivity contribution in [3.63, 3.8) is 0 Å². The lowest BCUT2D eigenvalue weighted by molar-refractivity contribution is -0.384. The Morgan fingerprint density at radius 2 is 1.76 bits per heavy atom. The minimum Gasteiger partial charge on any atom is -0.347 e. The highest BCUT2D eigenvalue weighted by atomic mass is 16.6. The highest BCUT2D eigenvalue weighted by molar-refractivity contribution is 6.04. The van der Waals surface area contributed by atoms with Crippen molar-refractivity contribution in [2.75, 3.05) is 0 Å². The van der Waals surface area contributed by atoms with Crippen molar-refractivity contribution in [3.05, 3.63) is 81.9 Å². The highest BCUT2D eigenvalue weighted by Gasteiger charge is 2.57. The van der Waals surface area contributed by atoms with Gasteiger partial charge in [0.2, 0.25) is 0 Å². The summed E-state index contributed by atoms with van der Waals surface area (Å²) in [7, 11) is 0. The van der Waals surface area contributed by atoms with Crippen molar-refractivity contribution in [1.82, 2.24) is 0 Å². The largest absolute Gasteiger partial charge is 0.347 e. The lowest BCUT2D eigenvalue weighted by Crippen LogP contribution is -2.45. The SMILES string of the molecule is C[C@@]12C=C(c3ccc([N+](=O)[O-])cc3)[C@@](c3ccccc3)(O1)C(=O)CC2. The van der Waals surface area contributed by atoms with Crippen LogP contribution >= 0.6 is 0 Å². The Morgan fingerprint density at radius 1 is 1.08 bits per heavy atom. The van der Waals surface area contributed by atoms with Gasteiger partial charge in [0, 0.05) is 24.1 Å². The number of Topliss-reactive ketones (excluding diaryl/α,β-unsaturated/α-hetero) is 1. The molecule has 4 rings (SSSR count). The molecule has 5 nitrogen and oxygen atoms in total. The zero-order chi connectivity index (χ0) is 17.7. The number of carbonyl (C=O) groups excluding carboxylic acids is 1. The maximum absolute atomic E-state index is 13.0. The average Bonchev–Trinajstić information content (AvgIpc) is 2.90. The third-order valence-electron chi connectivity index (χ3n) is 5.03. The maximum Gasteiger partial charge on any atom is 0.269 e. The zero-order valence-corrected chi connectivity index (χ0v) is 13.8. The van der Waals surface area contributed by atoms with Crippen LogP contribution in [-0.4, -0.2) is 16.3 Å². The van der Waals surface area contributed by atoms with Crippen LogP contribution in [-0.2, 0) is 15.1 Å². The number of nitrogens with zero attached hydrogens (tertiary/aromatic N) is 1. The fraction of sp³-hybridized carbons (Fsp3) is 0.250. The predicted molar refractivity (Wildman–Crippen MR) is 92.9 cm³/mol. The summed E-state index contributed by atoms with van der Waals surface area (Å²) in [5, 5.41) is 10.9. The van der Waals surface area contributed by atoms with Gasteiger partial charge in [-0.15, -0.1) is 0 Å². The molecule has 2 atom stereocenters. The van der Waals surface area contributed by atoms with Gasteiger partial charge >= 0.3 is 0 Å². The molecule has 0 N–H and O–H groups in total. The molecule has 0 saturated carbocycles. The van der Waals surface area contributed by atoms with Gasteiger partial charge in [0.15, 0.2) is 11.4 Å². The van der Waals surface area contributed by atoms with E-state index in [0.29, 0.717) is 12.8 Å². The number of nitro benzene ring substituents is 1. The van der Waals surface area contributed by atoms with Crippen molar-refractivity contribution in [3.8, 4) is 0 Å². The number of rotatable bonds is 3. The molecule has 2 aromatic carbocycles. The van der Waals surface area contributed by atoms with Gasteiger partial charge in [0.05, 0.1) is 10.5 Å². The van der Waals surface area contributed by atoms with Crippen molar-refractivity contribution in [1.29, 1.82) is 0 Å². The number of ketones is 1. The van der Waals surface area contributed by atoms with E-state index in [0.717, 1.165) is 16.7 Å². The third kappa shape index (κ3) is 2.31. The van der Waals surface area contributed by atoms with Crippen molar-refractivity contribution < 1.29 is 14.5 Å². The zero-order valence-electron chi connectivity index (χ0n) is 13.8. The van der Waals surface area contributed by atoms with E-state index < -0.39 is 16.1 Å². The molecule has 25 heavy (non-hydrogen) atoms. The van der Waals surface area contributed by atoms with Crippen LogP contribution in [0.4, 0.5) is 5.69 Å². The van der Waals surface area contributed by atoms with Crippen LogP contribution in [0.5, 0.6) is 0 Å². The quantitative estimate of drug-likeness (QED) is 0.627. The van der Waals surface area contributed by atoms with Crippen LogP contribution in [0.15, 0.2) is 60.7 Å². The fourth-order valence-corrected chi connectivity index (χ4v) is 3.81. The van der Waals surface area contributed by atoms with Gasteiger partial charge in [0.25, 0.3) is 5.69 Å². The Hall–Kier alpha value is -2.79. The number of ether oxygens (including phenoxy) is 1. The lowest BCUT2D eigenvalue weighted by Gasteiger charge is -2.39. The molecule has 2 aromatic rings. The van der Waals surface area contributed by atoms with Crippen LogP contribution in [0, 0.1) is 10.1 Å². The van der Waals surface area contributed by atoms with E-state index in [1.807, 2.05) is 43.3 Å². The maximum atomic E-state index is 13.0. The Morgan fingerprint density at radius 3 is 2.40 bits per heavy atom. The Labute approximate surface area is 145 Å². The van der Waals surface area contributed by atoms with Gasteiger partial charge in [-0.2, -0.15) is 0 Å². The first-order chi connectivity index (χ1) is 11.9. The third-order valence-corrected chi connectivity index (χ3v) is 5.03. The summed E-state index contributed by atoms with van der Waals surface area (Å²) in [6, 6.07) is 15.8. The van der Waals surface area contributed by atoms with E-state index >= 15 is 0 Å². The standard InChI is InChI=1S/C20H17NO4/c1-19-12-11-18(22)20(25-19,15-5-3-2-4-6-15)17(13-19)14-7-9-16(10-8-14)21(23)24/h2-10,13H,11-12H2,1H3/t19-,20-/m1/s1. The van der Waals surface area contributed by atoms with Crippen LogP contribution in [0.25, 0.3) is 5.57 Å². The minimum absolute atomic E-state index is 0.0255. The summed E-state index contributed by atoms with van der Waals surface area (Å²) in [5.41, 5.74) is 0.725. The van der Waals surface area contributed by atoms with E-state index in [1.54, 1.807) is 12.1 Å². The van der Waals surface area contributed by atoms with Crippen LogP contribution < -0.4 is 0 Å². The summed E-state index contributed by atoms with van der Waals surface area (Å²) >= 11 is 0. The Kier molecular flexibility index (Phi) is 3.37. The monoisotopic (exact) mass is 335 g/mol. The second-order valence-electron chi connectivity index (χ2n) is 6.75. The summed E-state index contributed by atoms with van der Waals surface area (Å²) in [5.74, 6) is 0.0262. The molecule has 0 aromatic heterocycles. The molecule has 0 unspecified atom stereocenters. The van der Waals surface area contributed by atoms with E-state index in [-0.39, 0.29) is 11.5 Å². The average molecular weight is 335 g/mol. The van der Waals surface area contributed by atoms with Crippen molar-refractivity contribution in [2.45, 2.75) is 31.0 Å². The summed E-state index contributed by atoms with van der Waals surface area (Å²) in [4.78, 5) is 23.5. The Bertz CT molecular complexity index is 888. The van der Waals surface area contributed by atoms with Gasteiger partial charge in [-0.3, -0.25) is 14.9 Å². The highest BCUT2D eigenvalue weighted by Crippen LogP contribution is 2.54. The van der Waals surface area contributed by atoms with Gasteiger partial charge in [0.1, 0.15) is 0 Å². The molecule has 1 fully saturated rings. The first kappa shape index (κ1) is 15.7. The summed E-state index contributed by atoms with van der Waals surface area (Å²) < 4.78 is 6.34. The van der Waals surface area contributed by atoms with E-state index in [1.165, 1.54) is 12.1 Å². The van der Waals surface area contributed by atoms with Gasteiger partial charge in [-0.05, 0) is 42.7 Å². The molecule has 5 heteroatoms. The minimum atomic E-state index is -1.13. The molecule has 0 amide bonds. The number of carbonyl (C=O) groups is 1. The second kappa shape index (κ2) is 5.36.